The molecule has 0 spiro atoms. The van der Waals surface area contributed by atoms with Crippen molar-refractivity contribution in [1.82, 2.24) is 15.1 Å². The van der Waals surface area contributed by atoms with Crippen LogP contribution in [-0.2, 0) is 9.53 Å². The molecule has 0 aromatic rings. The molecule has 1 atom stereocenters. The van der Waals surface area contributed by atoms with Crippen LogP contribution in [0.2, 0.25) is 0 Å². The van der Waals surface area contributed by atoms with Crippen LogP contribution in [0.15, 0.2) is 0 Å². The highest BCUT2D eigenvalue weighted by atomic mass is 16.5. The summed E-state index contributed by atoms with van der Waals surface area (Å²) in [6.45, 7) is 12.4. The Morgan fingerprint density at radius 1 is 1.43 bits per heavy atom. The van der Waals surface area contributed by atoms with E-state index >= 15 is 0 Å². The molecule has 0 aromatic heterocycles. The second-order valence-electron chi connectivity index (χ2n) is 6.70. The first kappa shape index (κ1) is 18.4. The maximum absolute atomic E-state index is 12.2. The van der Waals surface area contributed by atoms with Gasteiger partial charge in [0.1, 0.15) is 5.54 Å². The Bertz CT molecular complexity index is 327. The van der Waals surface area contributed by atoms with Crippen LogP contribution in [0.4, 0.5) is 0 Å². The van der Waals surface area contributed by atoms with Crippen molar-refractivity contribution in [3.8, 4) is 0 Å². The van der Waals surface area contributed by atoms with Gasteiger partial charge in [0, 0.05) is 18.6 Å². The molecular formula is C16H33N3O2. The van der Waals surface area contributed by atoms with Gasteiger partial charge in [0.15, 0.2) is 0 Å². The van der Waals surface area contributed by atoms with E-state index in [2.05, 4.69) is 42.9 Å². The highest BCUT2D eigenvalue weighted by Gasteiger charge is 2.37. The smallest absolute Gasteiger partial charge is 0.327 e. The van der Waals surface area contributed by atoms with Gasteiger partial charge in [-0.2, -0.15) is 0 Å². The first-order chi connectivity index (χ1) is 9.82. The van der Waals surface area contributed by atoms with Crippen molar-refractivity contribution in [1.29, 1.82) is 0 Å². The Balaban J connectivity index is 2.64. The second kappa shape index (κ2) is 8.11. The normalized spacial score (nSPS) is 20.8. The lowest BCUT2D eigenvalue weighted by atomic mass is 9.97. The summed E-state index contributed by atoms with van der Waals surface area (Å²) in [5.41, 5.74) is -0.653. The van der Waals surface area contributed by atoms with Crippen molar-refractivity contribution >= 4 is 5.97 Å². The Kier molecular flexibility index (Phi) is 7.10. The van der Waals surface area contributed by atoms with Gasteiger partial charge in [-0.3, -0.25) is 10.1 Å². The topological polar surface area (TPSA) is 44.8 Å². The van der Waals surface area contributed by atoms with E-state index in [9.17, 15) is 4.79 Å². The van der Waals surface area contributed by atoms with Crippen LogP contribution in [0, 0.1) is 0 Å². The van der Waals surface area contributed by atoms with Crippen LogP contribution in [0.5, 0.6) is 0 Å². The van der Waals surface area contributed by atoms with Gasteiger partial charge in [0.05, 0.1) is 7.11 Å². The molecule has 124 valence electrons. The number of carbonyl (C=O) groups is 1. The molecule has 0 saturated carbocycles. The van der Waals surface area contributed by atoms with E-state index in [-0.39, 0.29) is 12.0 Å². The standard InChI is InChI=1S/C16H33N3O2/c1-7-19-10-8-14(9-11-19)18(5)12-16(4,15(20)21-6)17-13(2)3/h13-14,17H,7-12H2,1-6H3. The van der Waals surface area contributed by atoms with Gasteiger partial charge in [-0.25, -0.2) is 0 Å². The molecule has 0 radical (unpaired) electrons. The maximum atomic E-state index is 12.2. The van der Waals surface area contributed by atoms with E-state index in [4.69, 9.17) is 4.74 Å². The number of carbonyl (C=O) groups excluding carboxylic acids is 1. The number of likely N-dealkylation sites (tertiary alicyclic amines) is 1. The molecule has 1 N–H and O–H groups in total. The zero-order valence-corrected chi connectivity index (χ0v) is 14.6. The first-order valence-corrected chi connectivity index (χ1v) is 8.11. The van der Waals surface area contributed by atoms with E-state index in [1.54, 1.807) is 0 Å². The van der Waals surface area contributed by atoms with Crippen molar-refractivity contribution in [2.24, 2.45) is 0 Å². The minimum Gasteiger partial charge on any atom is -0.468 e. The fourth-order valence-corrected chi connectivity index (χ4v) is 3.34. The zero-order chi connectivity index (χ0) is 16.0. The van der Waals surface area contributed by atoms with Crippen LogP contribution in [-0.4, -0.2) is 73.7 Å². The SMILES string of the molecule is CCN1CCC(N(C)CC(C)(NC(C)C)C(=O)OC)CC1. The summed E-state index contributed by atoms with van der Waals surface area (Å²) in [5, 5.41) is 3.37. The minimum absolute atomic E-state index is 0.186. The fraction of sp³-hybridized carbons (Fsp3) is 0.938. The predicted molar refractivity (Wildman–Crippen MR) is 86.5 cm³/mol. The molecule has 1 unspecified atom stereocenters. The Hall–Kier alpha value is -0.650. The summed E-state index contributed by atoms with van der Waals surface area (Å²) >= 11 is 0. The van der Waals surface area contributed by atoms with Crippen molar-refractivity contribution in [3.05, 3.63) is 0 Å². The van der Waals surface area contributed by atoms with Crippen molar-refractivity contribution in [2.75, 3.05) is 40.3 Å². The molecular weight excluding hydrogens is 266 g/mol. The van der Waals surface area contributed by atoms with E-state index in [1.807, 2.05) is 6.92 Å². The lowest BCUT2D eigenvalue weighted by Crippen LogP contribution is -2.60. The second-order valence-corrected chi connectivity index (χ2v) is 6.70. The average Bonchev–Trinajstić information content (AvgIpc) is 2.45. The van der Waals surface area contributed by atoms with Gasteiger partial charge in [-0.15, -0.1) is 0 Å². The molecule has 0 amide bonds. The number of hydrogen-bond donors (Lipinski definition) is 1. The number of ether oxygens (including phenoxy) is 1. The first-order valence-electron chi connectivity index (χ1n) is 8.11. The molecule has 0 aliphatic carbocycles. The monoisotopic (exact) mass is 299 g/mol. The van der Waals surface area contributed by atoms with Gasteiger partial charge in [0.2, 0.25) is 0 Å². The summed E-state index contributed by atoms with van der Waals surface area (Å²) in [5.74, 6) is -0.186. The molecule has 5 nitrogen and oxygen atoms in total. The molecule has 0 aromatic carbocycles. The van der Waals surface area contributed by atoms with Crippen molar-refractivity contribution < 1.29 is 9.53 Å². The van der Waals surface area contributed by atoms with Gasteiger partial charge >= 0.3 is 5.97 Å². The summed E-state index contributed by atoms with van der Waals surface area (Å²) in [6.07, 6.45) is 2.34. The predicted octanol–water partition coefficient (Wildman–Crippen LogP) is 1.33. The van der Waals surface area contributed by atoms with E-state index in [1.165, 1.54) is 20.0 Å². The van der Waals surface area contributed by atoms with Gasteiger partial charge in [-0.1, -0.05) is 6.92 Å². The molecule has 5 heteroatoms. The molecule has 1 heterocycles. The summed E-state index contributed by atoms with van der Waals surface area (Å²) in [4.78, 5) is 17.0. The highest BCUT2D eigenvalue weighted by Crippen LogP contribution is 2.18. The molecule has 1 aliphatic rings. The van der Waals surface area contributed by atoms with E-state index < -0.39 is 5.54 Å². The van der Waals surface area contributed by atoms with Gasteiger partial charge < -0.3 is 14.5 Å². The maximum Gasteiger partial charge on any atom is 0.327 e. The van der Waals surface area contributed by atoms with Crippen LogP contribution in [0.25, 0.3) is 0 Å². The number of nitrogens with zero attached hydrogens (tertiary/aromatic N) is 2. The number of esters is 1. The largest absolute Gasteiger partial charge is 0.468 e. The lowest BCUT2D eigenvalue weighted by molar-refractivity contribution is -0.149. The van der Waals surface area contributed by atoms with Gasteiger partial charge in [-0.05, 0) is 60.3 Å². The molecule has 0 bridgehead atoms. The lowest BCUT2D eigenvalue weighted by Gasteiger charge is -2.40. The number of methoxy groups -OCH3 is 1. The Morgan fingerprint density at radius 3 is 2.43 bits per heavy atom. The van der Waals surface area contributed by atoms with Crippen molar-refractivity contribution in [2.45, 2.75) is 58.2 Å². The Morgan fingerprint density at radius 2 is 2.00 bits per heavy atom. The van der Waals surface area contributed by atoms with Crippen LogP contribution in [0.3, 0.4) is 0 Å². The van der Waals surface area contributed by atoms with Crippen LogP contribution in [0.1, 0.15) is 40.5 Å². The summed E-state index contributed by atoms with van der Waals surface area (Å²) in [6, 6.07) is 0.787. The molecule has 1 aliphatic heterocycles. The third-order valence-corrected chi connectivity index (χ3v) is 4.44. The molecule has 1 saturated heterocycles. The third kappa shape index (κ3) is 5.24. The summed E-state index contributed by atoms with van der Waals surface area (Å²) < 4.78 is 5.00. The third-order valence-electron chi connectivity index (χ3n) is 4.44. The number of piperidine rings is 1. The van der Waals surface area contributed by atoms with E-state index in [0.29, 0.717) is 12.6 Å². The fourth-order valence-electron chi connectivity index (χ4n) is 3.34. The molecule has 1 fully saturated rings. The van der Waals surface area contributed by atoms with Crippen LogP contribution < -0.4 is 5.32 Å². The van der Waals surface area contributed by atoms with E-state index in [0.717, 1.165) is 19.6 Å². The quantitative estimate of drug-likeness (QED) is 0.719. The number of nitrogens with one attached hydrogen (secondary N) is 1. The highest BCUT2D eigenvalue weighted by molar-refractivity contribution is 5.80. The molecule has 1 rings (SSSR count). The van der Waals surface area contributed by atoms with Gasteiger partial charge in [0.25, 0.3) is 0 Å². The summed E-state index contributed by atoms with van der Waals surface area (Å²) in [7, 11) is 3.58. The number of rotatable bonds is 7. The minimum atomic E-state index is -0.653. The number of hydrogen-bond acceptors (Lipinski definition) is 5. The zero-order valence-electron chi connectivity index (χ0n) is 14.6. The average molecular weight is 299 g/mol. The Labute approximate surface area is 130 Å². The van der Waals surface area contributed by atoms with Crippen molar-refractivity contribution in [3.63, 3.8) is 0 Å². The molecule has 21 heavy (non-hydrogen) atoms. The number of likely N-dealkylation sites (N-methyl/N-ethyl adjacent to an activating group) is 1. The van der Waals surface area contributed by atoms with Crippen LogP contribution >= 0.6 is 0 Å².